The normalized spacial score (nSPS) is 15.7. The Balaban J connectivity index is 0.932. The maximum Gasteiger partial charge on any atom is 0.179 e. The molecule has 46 heavy (non-hydrogen) atoms. The zero-order chi connectivity index (χ0) is 32.2. The van der Waals surface area contributed by atoms with Gasteiger partial charge in [0.1, 0.15) is 0 Å². The van der Waals surface area contributed by atoms with Crippen LogP contribution in [0.5, 0.6) is 0 Å². The third kappa shape index (κ3) is 7.20. The van der Waals surface area contributed by atoms with Gasteiger partial charge in [-0.05, 0) is 47.5 Å². The van der Waals surface area contributed by atoms with Crippen LogP contribution < -0.4 is 29.6 Å². The third-order valence-corrected chi connectivity index (χ3v) is 11.2. The van der Waals surface area contributed by atoms with Gasteiger partial charge in [0.05, 0.1) is 34.5 Å². The van der Waals surface area contributed by atoms with Crippen LogP contribution in [0.25, 0.3) is 12.2 Å². The van der Waals surface area contributed by atoms with Crippen LogP contribution in [0.3, 0.4) is 0 Å². The van der Waals surface area contributed by atoms with Crippen LogP contribution in [0.1, 0.15) is 33.9 Å². The van der Waals surface area contributed by atoms with Crippen molar-refractivity contribution < 1.29 is 9.13 Å². The van der Waals surface area contributed by atoms with E-state index in [-0.39, 0.29) is 0 Å². The van der Waals surface area contributed by atoms with Gasteiger partial charge in [0, 0.05) is 88.9 Å². The molecule has 0 atom stereocenters. The Hall–Kier alpha value is -3.56. The standard InChI is InChI=1S/C38H46N6S2/c1-27-21-31(25-37-41(5)33-11-7-9-13-35(33)45-37)22-28(2)43(27)19-17-39-15-16-40-18-20-44-29(3)23-32(24-30(44)4)26-38-42(6)34-12-8-10-14-36(34)46-38/h7-14,21-26,39-40H,15-20H2,1-6H3/q+2. The molecular formula is C38H46N6S2+2. The highest BCUT2D eigenvalue weighted by molar-refractivity contribution is 8.04. The van der Waals surface area contributed by atoms with Crippen LogP contribution >= 0.6 is 23.5 Å². The topological polar surface area (TPSA) is 38.3 Å². The number of hydrogen-bond donors (Lipinski definition) is 2. The SMILES string of the molecule is Cc1cc(/C=C2/Sc3ccccc3N2C)cc(C)[n+]1CCNCCNCC[n+]1c(C)cc(/C=C2/Sc3ccccc3N2C)cc1C. The fourth-order valence-corrected chi connectivity index (χ4v) is 8.60. The van der Waals surface area contributed by atoms with Crippen LogP contribution in [0.15, 0.2) is 92.6 Å². The second-order valence-electron chi connectivity index (χ2n) is 12.2. The molecule has 238 valence electrons. The number of pyridine rings is 2. The van der Waals surface area contributed by atoms with Crippen molar-refractivity contribution in [3.05, 3.63) is 117 Å². The zero-order valence-electron chi connectivity index (χ0n) is 27.9. The molecule has 2 aromatic carbocycles. The van der Waals surface area contributed by atoms with Gasteiger partial charge < -0.3 is 20.4 Å². The molecule has 0 bridgehead atoms. The molecule has 2 N–H and O–H groups in total. The number of aromatic nitrogens is 2. The summed E-state index contributed by atoms with van der Waals surface area (Å²) in [6.45, 7) is 14.6. The fourth-order valence-electron chi connectivity index (χ4n) is 6.38. The predicted molar refractivity (Wildman–Crippen MR) is 195 cm³/mol. The van der Waals surface area contributed by atoms with E-state index in [1.165, 1.54) is 65.1 Å². The molecule has 0 saturated carbocycles. The van der Waals surface area contributed by atoms with Crippen molar-refractivity contribution in [3.8, 4) is 0 Å². The number of rotatable bonds is 11. The van der Waals surface area contributed by atoms with Gasteiger partial charge in [0.25, 0.3) is 0 Å². The van der Waals surface area contributed by atoms with Crippen LogP contribution in [0.4, 0.5) is 11.4 Å². The van der Waals surface area contributed by atoms with Crippen molar-refractivity contribution in [1.29, 1.82) is 0 Å². The molecule has 4 aromatic rings. The lowest BCUT2D eigenvalue weighted by molar-refractivity contribution is -0.707. The number of hydrogen-bond acceptors (Lipinski definition) is 6. The minimum Gasteiger partial charge on any atom is -0.338 e. The number of thioether (sulfide) groups is 2. The summed E-state index contributed by atoms with van der Waals surface area (Å²) in [6, 6.07) is 26.4. The highest BCUT2D eigenvalue weighted by Crippen LogP contribution is 2.46. The molecule has 0 radical (unpaired) electrons. The average Bonchev–Trinajstić information content (AvgIpc) is 3.51. The van der Waals surface area contributed by atoms with E-state index in [0.717, 1.165) is 39.3 Å². The molecule has 2 aromatic heterocycles. The Morgan fingerprint density at radius 1 is 0.565 bits per heavy atom. The predicted octanol–water partition coefficient (Wildman–Crippen LogP) is 6.46. The second-order valence-corrected chi connectivity index (χ2v) is 14.3. The lowest BCUT2D eigenvalue weighted by Gasteiger charge is -2.13. The van der Waals surface area contributed by atoms with Gasteiger partial charge in [-0.1, -0.05) is 47.8 Å². The summed E-state index contributed by atoms with van der Waals surface area (Å²) in [5, 5.41) is 9.79. The molecule has 8 heteroatoms. The first kappa shape index (κ1) is 32.4. The first-order valence-corrected chi connectivity index (χ1v) is 17.8. The van der Waals surface area contributed by atoms with Crippen molar-refractivity contribution in [3.63, 3.8) is 0 Å². The molecule has 0 saturated heterocycles. The Bertz CT molecular complexity index is 1620. The summed E-state index contributed by atoms with van der Waals surface area (Å²) in [6.07, 6.45) is 4.61. The average molecular weight is 651 g/mol. The summed E-state index contributed by atoms with van der Waals surface area (Å²) in [5.74, 6) is 0. The van der Waals surface area contributed by atoms with Crippen LogP contribution in [0, 0.1) is 27.7 Å². The van der Waals surface area contributed by atoms with Gasteiger partial charge in [-0.25, -0.2) is 0 Å². The van der Waals surface area contributed by atoms with Crippen LogP contribution in [0.2, 0.25) is 0 Å². The number of nitrogens with one attached hydrogen (secondary N) is 2. The van der Waals surface area contributed by atoms with E-state index in [4.69, 9.17) is 0 Å². The van der Waals surface area contributed by atoms with E-state index in [0.29, 0.717) is 0 Å². The molecule has 4 heterocycles. The Kier molecular flexibility index (Phi) is 10.2. The molecule has 0 amide bonds. The molecule has 0 aliphatic carbocycles. The lowest BCUT2D eigenvalue weighted by Crippen LogP contribution is -2.46. The van der Waals surface area contributed by atoms with Crippen molar-refractivity contribution >= 4 is 47.1 Å². The Morgan fingerprint density at radius 3 is 1.30 bits per heavy atom. The van der Waals surface area contributed by atoms with Gasteiger partial charge >= 0.3 is 0 Å². The summed E-state index contributed by atoms with van der Waals surface area (Å²) >= 11 is 3.69. The monoisotopic (exact) mass is 650 g/mol. The van der Waals surface area contributed by atoms with Gasteiger partial charge in [0.2, 0.25) is 0 Å². The van der Waals surface area contributed by atoms with Crippen molar-refractivity contribution in [1.82, 2.24) is 10.6 Å². The van der Waals surface area contributed by atoms with Gasteiger partial charge in [-0.2, -0.15) is 9.13 Å². The number of para-hydroxylation sites is 2. The smallest absolute Gasteiger partial charge is 0.179 e. The van der Waals surface area contributed by atoms with E-state index in [1.54, 1.807) is 0 Å². The van der Waals surface area contributed by atoms with Gasteiger partial charge in [-0.15, -0.1) is 0 Å². The number of nitrogens with zero attached hydrogens (tertiary/aromatic N) is 4. The third-order valence-electron chi connectivity index (χ3n) is 8.83. The maximum absolute atomic E-state index is 3.63. The Labute approximate surface area is 283 Å². The minimum atomic E-state index is 0.949. The molecule has 2 aliphatic rings. The van der Waals surface area contributed by atoms with E-state index in [2.05, 4.69) is 156 Å². The number of fused-ring (bicyclic) bond motifs is 2. The molecule has 0 fully saturated rings. The number of benzene rings is 2. The summed E-state index contributed by atoms with van der Waals surface area (Å²) in [5.41, 5.74) is 10.2. The second kappa shape index (κ2) is 14.5. The van der Waals surface area contributed by atoms with E-state index >= 15 is 0 Å². The van der Waals surface area contributed by atoms with Crippen molar-refractivity contribution in [2.24, 2.45) is 0 Å². The van der Waals surface area contributed by atoms with E-state index in [9.17, 15) is 0 Å². The quantitative estimate of drug-likeness (QED) is 0.144. The number of aryl methyl sites for hydroxylation is 4. The maximum atomic E-state index is 3.63. The van der Waals surface area contributed by atoms with Gasteiger partial charge in [-0.3, -0.25) is 0 Å². The highest BCUT2D eigenvalue weighted by atomic mass is 32.2. The van der Waals surface area contributed by atoms with Crippen molar-refractivity contribution in [2.45, 2.75) is 50.6 Å². The number of anilines is 2. The van der Waals surface area contributed by atoms with Gasteiger partial charge in [0.15, 0.2) is 35.9 Å². The van der Waals surface area contributed by atoms with E-state index in [1.807, 2.05) is 23.5 Å². The molecule has 2 aliphatic heterocycles. The summed E-state index contributed by atoms with van der Waals surface area (Å²) < 4.78 is 4.82. The first-order chi connectivity index (χ1) is 22.3. The highest BCUT2D eigenvalue weighted by Gasteiger charge is 2.23. The van der Waals surface area contributed by atoms with Crippen molar-refractivity contribution in [2.75, 3.05) is 50.1 Å². The lowest BCUT2D eigenvalue weighted by atomic mass is 10.1. The van der Waals surface area contributed by atoms with Crippen LogP contribution in [-0.2, 0) is 13.1 Å². The molecule has 6 rings (SSSR count). The Morgan fingerprint density at radius 2 is 0.935 bits per heavy atom. The molecule has 6 nitrogen and oxygen atoms in total. The van der Waals surface area contributed by atoms with Crippen LogP contribution in [-0.4, -0.2) is 40.3 Å². The van der Waals surface area contributed by atoms with E-state index < -0.39 is 0 Å². The summed E-state index contributed by atoms with van der Waals surface area (Å²) in [7, 11) is 4.30. The minimum absolute atomic E-state index is 0.949. The first-order valence-electron chi connectivity index (χ1n) is 16.2. The molecule has 0 unspecified atom stereocenters. The molecule has 0 spiro atoms. The zero-order valence-corrected chi connectivity index (χ0v) is 29.6. The fraction of sp³-hybridized carbons (Fsp3) is 0.316. The summed E-state index contributed by atoms with van der Waals surface area (Å²) in [4.78, 5) is 7.21. The largest absolute Gasteiger partial charge is 0.338 e. The molecular weight excluding hydrogens is 605 g/mol.